The van der Waals surface area contributed by atoms with Gasteiger partial charge in [0.05, 0.1) is 19.3 Å². The molecule has 1 aliphatic rings. The van der Waals surface area contributed by atoms with E-state index in [-0.39, 0.29) is 24.3 Å². The van der Waals surface area contributed by atoms with Gasteiger partial charge in [-0.05, 0) is 38.4 Å². The van der Waals surface area contributed by atoms with Crippen LogP contribution in [0.15, 0.2) is 12.4 Å². The number of likely N-dealkylation sites (tertiary alicyclic amines) is 1. The van der Waals surface area contributed by atoms with Gasteiger partial charge in [0.1, 0.15) is 0 Å². The van der Waals surface area contributed by atoms with Gasteiger partial charge in [-0.1, -0.05) is 0 Å². The molecule has 1 fully saturated rings. The first kappa shape index (κ1) is 15.5. The summed E-state index contributed by atoms with van der Waals surface area (Å²) in [6.07, 6.45) is 5.31. The van der Waals surface area contributed by atoms with E-state index in [9.17, 15) is 9.59 Å². The number of carbonyl (C=O) groups is 2. The van der Waals surface area contributed by atoms with E-state index >= 15 is 0 Å². The number of nitrogens with zero attached hydrogens (tertiary/aromatic N) is 3. The number of aryl methyl sites for hydroxylation is 1. The Hall–Kier alpha value is -1.89. The van der Waals surface area contributed by atoms with Gasteiger partial charge < -0.3 is 11.1 Å². The second-order valence-corrected chi connectivity index (χ2v) is 5.59. The predicted octanol–water partition coefficient (Wildman–Crippen LogP) is -0.495. The molecule has 1 saturated heterocycles. The van der Waals surface area contributed by atoms with Gasteiger partial charge in [0.2, 0.25) is 11.8 Å². The van der Waals surface area contributed by atoms with Crippen molar-refractivity contribution in [1.82, 2.24) is 20.0 Å². The summed E-state index contributed by atoms with van der Waals surface area (Å²) >= 11 is 0. The standard InChI is InChI=1S/C14H23N5O2/c1-11-8-17-19(9-11)7-4-16-14(21)12-2-5-18(6-3-12)10-13(15)20/h8-9,12H,2-7,10H2,1H3,(H2,15,20)(H,16,21). The summed E-state index contributed by atoms with van der Waals surface area (Å²) in [5.74, 6) is -0.182. The fourth-order valence-electron chi connectivity index (χ4n) is 2.60. The van der Waals surface area contributed by atoms with Gasteiger partial charge in [-0.2, -0.15) is 5.10 Å². The molecule has 2 heterocycles. The average molecular weight is 293 g/mol. The normalized spacial score (nSPS) is 16.8. The lowest BCUT2D eigenvalue weighted by molar-refractivity contribution is -0.126. The van der Waals surface area contributed by atoms with Crippen molar-refractivity contribution >= 4 is 11.8 Å². The minimum Gasteiger partial charge on any atom is -0.369 e. The maximum Gasteiger partial charge on any atom is 0.231 e. The number of nitrogens with one attached hydrogen (secondary N) is 1. The largest absolute Gasteiger partial charge is 0.369 e. The molecule has 0 radical (unpaired) electrons. The predicted molar refractivity (Wildman–Crippen MR) is 78.3 cm³/mol. The molecule has 0 atom stereocenters. The van der Waals surface area contributed by atoms with Crippen molar-refractivity contribution in [3.8, 4) is 0 Å². The van der Waals surface area contributed by atoms with E-state index in [2.05, 4.69) is 10.4 Å². The molecule has 0 unspecified atom stereocenters. The van der Waals surface area contributed by atoms with E-state index in [1.165, 1.54) is 0 Å². The number of hydrogen-bond acceptors (Lipinski definition) is 4. The van der Waals surface area contributed by atoms with Crippen LogP contribution in [-0.2, 0) is 16.1 Å². The van der Waals surface area contributed by atoms with E-state index in [0.717, 1.165) is 31.5 Å². The number of amides is 2. The van der Waals surface area contributed by atoms with Crippen molar-refractivity contribution < 1.29 is 9.59 Å². The van der Waals surface area contributed by atoms with Crippen molar-refractivity contribution in [2.24, 2.45) is 11.7 Å². The smallest absolute Gasteiger partial charge is 0.231 e. The second-order valence-electron chi connectivity index (χ2n) is 5.59. The molecule has 0 aliphatic carbocycles. The van der Waals surface area contributed by atoms with Crippen molar-refractivity contribution in [1.29, 1.82) is 0 Å². The Balaban J connectivity index is 1.66. The summed E-state index contributed by atoms with van der Waals surface area (Å²) in [4.78, 5) is 24.9. The van der Waals surface area contributed by atoms with Gasteiger partial charge in [-0.3, -0.25) is 19.2 Å². The fourth-order valence-corrected chi connectivity index (χ4v) is 2.60. The summed E-state index contributed by atoms with van der Waals surface area (Å²) < 4.78 is 1.82. The third-order valence-corrected chi connectivity index (χ3v) is 3.74. The summed E-state index contributed by atoms with van der Waals surface area (Å²) in [6.45, 7) is 5.04. The summed E-state index contributed by atoms with van der Waals surface area (Å²) in [5.41, 5.74) is 6.29. The highest BCUT2D eigenvalue weighted by Gasteiger charge is 2.25. The minimum atomic E-state index is -0.313. The minimum absolute atomic E-state index is 0.0356. The first-order valence-electron chi connectivity index (χ1n) is 7.32. The van der Waals surface area contributed by atoms with E-state index in [1.54, 1.807) is 6.20 Å². The molecule has 7 heteroatoms. The molecule has 7 nitrogen and oxygen atoms in total. The molecule has 2 rings (SSSR count). The maximum absolute atomic E-state index is 12.1. The van der Waals surface area contributed by atoms with Crippen molar-refractivity contribution in [3.05, 3.63) is 18.0 Å². The summed E-state index contributed by atoms with van der Waals surface area (Å²) in [6, 6.07) is 0. The van der Waals surface area contributed by atoms with Crippen LogP contribution in [0.1, 0.15) is 18.4 Å². The van der Waals surface area contributed by atoms with Crippen molar-refractivity contribution in [2.45, 2.75) is 26.3 Å². The first-order chi connectivity index (χ1) is 10.0. The molecule has 1 aliphatic heterocycles. The number of nitrogens with two attached hydrogens (primary N) is 1. The molecule has 0 saturated carbocycles. The third-order valence-electron chi connectivity index (χ3n) is 3.74. The van der Waals surface area contributed by atoms with Crippen molar-refractivity contribution in [3.63, 3.8) is 0 Å². The van der Waals surface area contributed by atoms with Crippen LogP contribution in [-0.4, -0.2) is 52.7 Å². The van der Waals surface area contributed by atoms with Crippen LogP contribution < -0.4 is 11.1 Å². The zero-order valence-corrected chi connectivity index (χ0v) is 12.4. The number of carbonyl (C=O) groups excluding carboxylic acids is 2. The van der Waals surface area contributed by atoms with Crippen LogP contribution in [0.25, 0.3) is 0 Å². The zero-order valence-electron chi connectivity index (χ0n) is 12.4. The van der Waals surface area contributed by atoms with Crippen LogP contribution >= 0.6 is 0 Å². The van der Waals surface area contributed by atoms with Gasteiger partial charge in [0.25, 0.3) is 0 Å². The van der Waals surface area contributed by atoms with Crippen LogP contribution in [0.3, 0.4) is 0 Å². The van der Waals surface area contributed by atoms with Crippen molar-refractivity contribution in [2.75, 3.05) is 26.2 Å². The molecule has 116 valence electrons. The van der Waals surface area contributed by atoms with Gasteiger partial charge >= 0.3 is 0 Å². The van der Waals surface area contributed by atoms with E-state index in [0.29, 0.717) is 13.1 Å². The Morgan fingerprint density at radius 2 is 2.14 bits per heavy atom. The molecular formula is C14H23N5O2. The monoisotopic (exact) mass is 293 g/mol. The Morgan fingerprint density at radius 1 is 1.43 bits per heavy atom. The summed E-state index contributed by atoms with van der Waals surface area (Å²) in [7, 11) is 0. The average Bonchev–Trinajstić information content (AvgIpc) is 2.84. The number of aromatic nitrogens is 2. The highest BCUT2D eigenvalue weighted by atomic mass is 16.2. The lowest BCUT2D eigenvalue weighted by atomic mass is 9.96. The maximum atomic E-state index is 12.1. The van der Waals surface area contributed by atoms with Gasteiger partial charge in [0, 0.05) is 18.7 Å². The highest BCUT2D eigenvalue weighted by molar-refractivity contribution is 5.79. The lowest BCUT2D eigenvalue weighted by Crippen LogP contribution is -2.43. The van der Waals surface area contributed by atoms with Gasteiger partial charge in [0.15, 0.2) is 0 Å². The van der Waals surface area contributed by atoms with E-state index < -0.39 is 0 Å². The molecular weight excluding hydrogens is 270 g/mol. The van der Waals surface area contributed by atoms with Crippen LogP contribution in [0, 0.1) is 12.8 Å². The zero-order chi connectivity index (χ0) is 15.2. The Labute approximate surface area is 124 Å². The summed E-state index contributed by atoms with van der Waals surface area (Å²) in [5, 5.41) is 7.13. The number of rotatable bonds is 6. The number of hydrogen-bond donors (Lipinski definition) is 2. The molecule has 0 bridgehead atoms. The topological polar surface area (TPSA) is 93.2 Å². The molecule has 1 aromatic heterocycles. The highest BCUT2D eigenvalue weighted by Crippen LogP contribution is 2.16. The third kappa shape index (κ3) is 4.86. The van der Waals surface area contributed by atoms with Crippen LogP contribution in [0.5, 0.6) is 0 Å². The Kier molecular flexibility index (Phi) is 5.32. The quantitative estimate of drug-likeness (QED) is 0.740. The van der Waals surface area contributed by atoms with E-state index in [4.69, 9.17) is 5.73 Å². The second kappa shape index (κ2) is 7.21. The van der Waals surface area contributed by atoms with E-state index in [1.807, 2.05) is 22.7 Å². The fraction of sp³-hybridized carbons (Fsp3) is 0.643. The lowest BCUT2D eigenvalue weighted by Gasteiger charge is -2.30. The van der Waals surface area contributed by atoms with Gasteiger partial charge in [-0.15, -0.1) is 0 Å². The van der Waals surface area contributed by atoms with Crippen LogP contribution in [0.4, 0.5) is 0 Å². The molecule has 2 amide bonds. The number of primary amides is 1. The Bertz CT molecular complexity index is 491. The molecule has 21 heavy (non-hydrogen) atoms. The number of piperidine rings is 1. The van der Waals surface area contributed by atoms with Crippen LogP contribution in [0.2, 0.25) is 0 Å². The SMILES string of the molecule is Cc1cnn(CCNC(=O)C2CCN(CC(N)=O)CC2)c1. The first-order valence-corrected chi connectivity index (χ1v) is 7.32. The molecule has 3 N–H and O–H groups in total. The molecule has 1 aromatic rings. The molecule has 0 spiro atoms. The molecule has 0 aromatic carbocycles. The Morgan fingerprint density at radius 3 is 2.71 bits per heavy atom. The van der Waals surface area contributed by atoms with Gasteiger partial charge in [-0.25, -0.2) is 0 Å².